The van der Waals surface area contributed by atoms with Gasteiger partial charge in [0.05, 0.1) is 6.61 Å². The van der Waals surface area contributed by atoms with Crippen LogP contribution in [0.4, 0.5) is 0 Å². The lowest BCUT2D eigenvalue weighted by Crippen LogP contribution is -2.06. The number of cyclic esters (lactones) is 1. The number of carbonyl (C=O) groups excluding carboxylic acids is 1. The maximum Gasteiger partial charge on any atom is 0.305 e. The topological polar surface area (TPSA) is 26.3 Å². The van der Waals surface area contributed by atoms with Gasteiger partial charge in [-0.05, 0) is 18.8 Å². The fourth-order valence-electron chi connectivity index (χ4n) is 1.72. The van der Waals surface area contributed by atoms with Gasteiger partial charge in [-0.2, -0.15) is 0 Å². The predicted octanol–water partition coefficient (Wildman–Crippen LogP) is 2.91. The minimum atomic E-state index is -0.00579. The van der Waals surface area contributed by atoms with Crippen molar-refractivity contribution < 1.29 is 9.53 Å². The summed E-state index contributed by atoms with van der Waals surface area (Å²) in [6.07, 6.45) is 7.74. The van der Waals surface area contributed by atoms with Gasteiger partial charge in [0.25, 0.3) is 0 Å². The Labute approximate surface area is 80.7 Å². The molecule has 1 rings (SSSR count). The summed E-state index contributed by atoms with van der Waals surface area (Å²) in [7, 11) is 0. The molecule has 13 heavy (non-hydrogen) atoms. The molecule has 0 aromatic carbocycles. The fraction of sp³-hybridized carbons (Fsp3) is 0.909. The molecular formula is C11H20O2. The first-order valence-corrected chi connectivity index (χ1v) is 5.44. The monoisotopic (exact) mass is 184 g/mol. The molecule has 2 heteroatoms. The number of rotatable bonds is 0. The van der Waals surface area contributed by atoms with Crippen molar-refractivity contribution >= 4 is 5.97 Å². The van der Waals surface area contributed by atoms with Gasteiger partial charge in [0.2, 0.25) is 0 Å². The Hall–Kier alpha value is -0.530. The molecular weight excluding hydrogens is 164 g/mol. The van der Waals surface area contributed by atoms with Crippen LogP contribution in [0, 0.1) is 5.92 Å². The Morgan fingerprint density at radius 2 is 1.92 bits per heavy atom. The van der Waals surface area contributed by atoms with Gasteiger partial charge >= 0.3 is 5.97 Å². The zero-order valence-electron chi connectivity index (χ0n) is 8.55. The summed E-state index contributed by atoms with van der Waals surface area (Å²) in [6.45, 7) is 2.86. The van der Waals surface area contributed by atoms with E-state index in [2.05, 4.69) is 6.92 Å². The van der Waals surface area contributed by atoms with Crippen LogP contribution in [0.5, 0.6) is 0 Å². The van der Waals surface area contributed by atoms with Crippen molar-refractivity contribution in [1.29, 1.82) is 0 Å². The van der Waals surface area contributed by atoms with Gasteiger partial charge in [0.15, 0.2) is 0 Å². The Balaban J connectivity index is 2.28. The van der Waals surface area contributed by atoms with Crippen molar-refractivity contribution in [2.24, 2.45) is 5.92 Å². The lowest BCUT2D eigenvalue weighted by molar-refractivity contribution is -0.144. The van der Waals surface area contributed by atoms with Crippen LogP contribution in [0.1, 0.15) is 51.9 Å². The SMILES string of the molecule is CC1CCCCCCOC(=O)CC1. The highest BCUT2D eigenvalue weighted by atomic mass is 16.5. The second-order valence-electron chi connectivity index (χ2n) is 4.07. The minimum Gasteiger partial charge on any atom is -0.466 e. The van der Waals surface area contributed by atoms with Crippen LogP contribution < -0.4 is 0 Å². The summed E-state index contributed by atoms with van der Waals surface area (Å²) in [6, 6.07) is 0. The molecule has 0 radical (unpaired) electrons. The van der Waals surface area contributed by atoms with Crippen molar-refractivity contribution in [3.63, 3.8) is 0 Å². The maximum absolute atomic E-state index is 11.1. The maximum atomic E-state index is 11.1. The van der Waals surface area contributed by atoms with E-state index in [1.807, 2.05) is 0 Å². The molecule has 1 atom stereocenters. The fourth-order valence-corrected chi connectivity index (χ4v) is 1.72. The van der Waals surface area contributed by atoms with E-state index in [0.717, 1.165) is 12.8 Å². The van der Waals surface area contributed by atoms with Crippen molar-refractivity contribution in [1.82, 2.24) is 0 Å². The number of ether oxygens (including phenoxy) is 1. The summed E-state index contributed by atoms with van der Waals surface area (Å²) in [5.41, 5.74) is 0. The third kappa shape index (κ3) is 4.91. The van der Waals surface area contributed by atoms with Crippen LogP contribution in [0.25, 0.3) is 0 Å². The smallest absolute Gasteiger partial charge is 0.305 e. The van der Waals surface area contributed by atoms with Crippen LogP contribution in [0.15, 0.2) is 0 Å². The Morgan fingerprint density at radius 3 is 2.77 bits per heavy atom. The molecule has 1 fully saturated rings. The summed E-state index contributed by atoms with van der Waals surface area (Å²) in [5, 5.41) is 0. The van der Waals surface area contributed by atoms with Gasteiger partial charge in [-0.25, -0.2) is 0 Å². The Kier molecular flexibility index (Phi) is 4.87. The average Bonchev–Trinajstić information content (AvgIpc) is 2.15. The van der Waals surface area contributed by atoms with Crippen LogP contribution in [0.3, 0.4) is 0 Å². The van der Waals surface area contributed by atoms with Crippen LogP contribution in [0.2, 0.25) is 0 Å². The van der Waals surface area contributed by atoms with E-state index in [1.165, 1.54) is 25.7 Å². The van der Waals surface area contributed by atoms with Gasteiger partial charge in [-0.15, -0.1) is 0 Å². The summed E-state index contributed by atoms with van der Waals surface area (Å²) >= 11 is 0. The van der Waals surface area contributed by atoms with Gasteiger partial charge in [-0.3, -0.25) is 4.79 Å². The average molecular weight is 184 g/mol. The number of hydrogen-bond acceptors (Lipinski definition) is 2. The number of esters is 1. The normalized spacial score (nSPS) is 27.5. The van der Waals surface area contributed by atoms with Gasteiger partial charge in [-0.1, -0.05) is 32.6 Å². The standard InChI is InChI=1S/C11H20O2/c1-10-6-4-2-3-5-9-13-11(12)8-7-10/h10H,2-9H2,1H3. The molecule has 1 aliphatic rings. The summed E-state index contributed by atoms with van der Waals surface area (Å²) in [5.74, 6) is 0.680. The third-order valence-electron chi connectivity index (χ3n) is 2.70. The molecule has 1 heterocycles. The molecule has 1 aliphatic heterocycles. The second kappa shape index (κ2) is 6.01. The number of carbonyl (C=O) groups is 1. The second-order valence-corrected chi connectivity index (χ2v) is 4.07. The first kappa shape index (κ1) is 10.6. The summed E-state index contributed by atoms with van der Waals surface area (Å²) < 4.78 is 5.08. The van der Waals surface area contributed by atoms with Crippen LogP contribution in [-0.4, -0.2) is 12.6 Å². The zero-order valence-corrected chi connectivity index (χ0v) is 8.55. The van der Waals surface area contributed by atoms with Crippen molar-refractivity contribution in [2.45, 2.75) is 51.9 Å². The van der Waals surface area contributed by atoms with Crippen molar-refractivity contribution in [3.8, 4) is 0 Å². The Morgan fingerprint density at radius 1 is 1.15 bits per heavy atom. The van der Waals surface area contributed by atoms with E-state index < -0.39 is 0 Å². The van der Waals surface area contributed by atoms with Gasteiger partial charge in [0, 0.05) is 6.42 Å². The van der Waals surface area contributed by atoms with Gasteiger partial charge in [0.1, 0.15) is 0 Å². The van der Waals surface area contributed by atoms with Crippen LogP contribution in [-0.2, 0) is 9.53 Å². The minimum absolute atomic E-state index is 0.00579. The lowest BCUT2D eigenvalue weighted by Gasteiger charge is -2.08. The van der Waals surface area contributed by atoms with E-state index >= 15 is 0 Å². The summed E-state index contributed by atoms with van der Waals surface area (Å²) in [4.78, 5) is 11.1. The van der Waals surface area contributed by atoms with E-state index in [9.17, 15) is 4.79 Å². The molecule has 0 bridgehead atoms. The highest BCUT2D eigenvalue weighted by molar-refractivity contribution is 5.69. The molecule has 0 saturated carbocycles. The van der Waals surface area contributed by atoms with Crippen molar-refractivity contribution in [2.75, 3.05) is 6.61 Å². The molecule has 0 aromatic heterocycles. The van der Waals surface area contributed by atoms with E-state index in [1.54, 1.807) is 0 Å². The van der Waals surface area contributed by atoms with Crippen molar-refractivity contribution in [3.05, 3.63) is 0 Å². The predicted molar refractivity (Wildman–Crippen MR) is 52.4 cm³/mol. The third-order valence-corrected chi connectivity index (χ3v) is 2.70. The molecule has 1 unspecified atom stereocenters. The lowest BCUT2D eigenvalue weighted by atomic mass is 9.98. The molecule has 0 spiro atoms. The quantitative estimate of drug-likeness (QED) is 0.541. The van der Waals surface area contributed by atoms with E-state index in [4.69, 9.17) is 4.74 Å². The largest absolute Gasteiger partial charge is 0.466 e. The van der Waals surface area contributed by atoms with E-state index in [-0.39, 0.29) is 5.97 Å². The molecule has 0 aromatic rings. The molecule has 76 valence electrons. The van der Waals surface area contributed by atoms with Crippen LogP contribution >= 0.6 is 0 Å². The Bertz CT molecular complexity index is 154. The molecule has 0 aliphatic carbocycles. The van der Waals surface area contributed by atoms with E-state index in [0.29, 0.717) is 18.9 Å². The number of hydrogen-bond donors (Lipinski definition) is 0. The molecule has 2 nitrogen and oxygen atoms in total. The zero-order chi connectivity index (χ0) is 9.52. The first-order valence-electron chi connectivity index (χ1n) is 5.44. The van der Waals surface area contributed by atoms with Gasteiger partial charge < -0.3 is 4.74 Å². The highest BCUT2D eigenvalue weighted by Gasteiger charge is 2.09. The highest BCUT2D eigenvalue weighted by Crippen LogP contribution is 2.17. The first-order chi connectivity index (χ1) is 6.29. The molecule has 0 amide bonds. The molecule has 0 N–H and O–H groups in total. The molecule has 1 saturated heterocycles.